The van der Waals surface area contributed by atoms with Gasteiger partial charge in [-0.2, -0.15) is 0 Å². The van der Waals surface area contributed by atoms with Crippen LogP contribution in [0, 0.1) is 13.8 Å². The van der Waals surface area contributed by atoms with Gasteiger partial charge >= 0.3 is 0 Å². The summed E-state index contributed by atoms with van der Waals surface area (Å²) in [6, 6.07) is 13.4. The van der Waals surface area contributed by atoms with E-state index in [0.717, 1.165) is 24.4 Å². The van der Waals surface area contributed by atoms with Crippen LogP contribution in [0.15, 0.2) is 36.4 Å². The lowest BCUT2D eigenvalue weighted by atomic mass is 9.88. The molecule has 1 fully saturated rings. The van der Waals surface area contributed by atoms with E-state index in [0.29, 0.717) is 5.92 Å². The van der Waals surface area contributed by atoms with Gasteiger partial charge < -0.3 is 19.9 Å². The summed E-state index contributed by atoms with van der Waals surface area (Å²) >= 11 is 0. The van der Waals surface area contributed by atoms with E-state index in [2.05, 4.69) is 65.4 Å². The number of aromatic nitrogens is 1. The maximum Gasteiger partial charge on any atom is 0.121 e. The molecule has 1 aliphatic heterocycles. The molecule has 0 atom stereocenters. The van der Waals surface area contributed by atoms with Crippen molar-refractivity contribution in [2.24, 2.45) is 0 Å². The number of nitrogens with zero attached hydrogens (tertiary/aromatic N) is 1. The highest BCUT2D eigenvalue weighted by atomic mass is 16.5. The van der Waals surface area contributed by atoms with E-state index in [9.17, 15) is 0 Å². The molecule has 4 heteroatoms. The highest BCUT2D eigenvalue weighted by Gasteiger charge is 2.21. The van der Waals surface area contributed by atoms with Crippen molar-refractivity contribution in [2.75, 3.05) is 40.3 Å². The van der Waals surface area contributed by atoms with Crippen LogP contribution in [-0.4, -0.2) is 50.2 Å². The lowest BCUT2D eigenvalue weighted by Gasteiger charge is -2.32. The minimum Gasteiger partial charge on any atom is -0.496 e. The van der Waals surface area contributed by atoms with Gasteiger partial charge in [0.05, 0.1) is 7.11 Å². The van der Waals surface area contributed by atoms with E-state index < -0.39 is 0 Å². The molecule has 4 nitrogen and oxygen atoms in total. The average Bonchev–Trinajstić information content (AvgIpc) is 3.15. The average molecular weight is 422 g/mol. The highest BCUT2D eigenvalue weighted by Crippen LogP contribution is 2.35. The summed E-state index contributed by atoms with van der Waals surface area (Å²) < 4.78 is 5.42. The highest BCUT2D eigenvalue weighted by molar-refractivity contribution is 5.91. The molecule has 4 rings (SSSR count). The number of nitrogens with one attached hydrogen (secondary N) is 2. The van der Waals surface area contributed by atoms with Gasteiger partial charge in [0.25, 0.3) is 0 Å². The minimum atomic E-state index is 0.672. The first-order valence-electron chi connectivity index (χ1n) is 11.7. The van der Waals surface area contributed by atoms with Crippen LogP contribution >= 0.6 is 0 Å². The second-order valence-electron chi connectivity index (χ2n) is 8.33. The van der Waals surface area contributed by atoms with Crippen molar-refractivity contribution in [1.82, 2.24) is 15.2 Å². The topological polar surface area (TPSA) is 40.3 Å². The standard InChI is InChI=1S/C25H33N3O.C2H6/c1-17-15-21(6-8-24(17)29-4)25-18(2)22-16-20(5-7-23(22)27-25)19-9-12-28(13-10-19)14-11-26-3;1-2/h5-8,15-16,19,26-27H,9-14H2,1-4H3;1-2H3. The van der Waals surface area contributed by atoms with Crippen molar-refractivity contribution >= 4 is 10.9 Å². The molecule has 31 heavy (non-hydrogen) atoms. The number of aryl methyl sites for hydroxylation is 2. The van der Waals surface area contributed by atoms with Crippen molar-refractivity contribution in [1.29, 1.82) is 0 Å². The maximum atomic E-state index is 5.42. The van der Waals surface area contributed by atoms with Crippen molar-refractivity contribution < 1.29 is 4.74 Å². The van der Waals surface area contributed by atoms with Gasteiger partial charge in [-0.25, -0.2) is 0 Å². The van der Waals surface area contributed by atoms with Gasteiger partial charge in [0.15, 0.2) is 0 Å². The Kier molecular flexibility index (Phi) is 8.16. The van der Waals surface area contributed by atoms with Crippen LogP contribution < -0.4 is 10.1 Å². The molecule has 2 aromatic carbocycles. The smallest absolute Gasteiger partial charge is 0.121 e. The maximum absolute atomic E-state index is 5.42. The molecule has 1 aromatic heterocycles. The molecular formula is C27H39N3O. The number of H-pyrrole nitrogens is 1. The second kappa shape index (κ2) is 10.8. The Bertz CT molecular complexity index is 984. The molecule has 2 heterocycles. The Balaban J connectivity index is 0.00000132. The molecule has 3 aromatic rings. The summed E-state index contributed by atoms with van der Waals surface area (Å²) in [4.78, 5) is 6.23. The Hall–Kier alpha value is -2.30. The molecule has 1 saturated heterocycles. The van der Waals surface area contributed by atoms with Crippen molar-refractivity contribution in [3.05, 3.63) is 53.1 Å². The summed E-state index contributed by atoms with van der Waals surface area (Å²) in [6.07, 6.45) is 2.51. The number of hydrogen-bond acceptors (Lipinski definition) is 3. The SMILES string of the molecule is CC.CNCCN1CCC(c2ccc3[nH]c(-c4ccc(OC)c(C)c4)c(C)c3c2)CC1. The predicted octanol–water partition coefficient (Wildman–Crippen LogP) is 5.89. The molecule has 0 bridgehead atoms. The number of likely N-dealkylation sites (N-methyl/N-ethyl adjacent to an activating group) is 1. The largest absolute Gasteiger partial charge is 0.496 e. The lowest BCUT2D eigenvalue weighted by Crippen LogP contribution is -2.37. The summed E-state index contributed by atoms with van der Waals surface area (Å²) in [5.41, 5.74) is 7.64. The molecule has 0 saturated carbocycles. The van der Waals surface area contributed by atoms with Crippen LogP contribution in [0.4, 0.5) is 0 Å². The third-order valence-corrected chi connectivity index (χ3v) is 6.50. The third-order valence-electron chi connectivity index (χ3n) is 6.50. The molecule has 0 aliphatic carbocycles. The van der Waals surface area contributed by atoms with E-state index in [-0.39, 0.29) is 0 Å². The molecule has 0 spiro atoms. The number of ether oxygens (including phenoxy) is 1. The Morgan fingerprint density at radius 3 is 2.45 bits per heavy atom. The van der Waals surface area contributed by atoms with Gasteiger partial charge in [-0.3, -0.25) is 0 Å². The number of rotatable bonds is 6. The van der Waals surface area contributed by atoms with Crippen LogP contribution in [0.5, 0.6) is 5.75 Å². The zero-order chi connectivity index (χ0) is 22.4. The van der Waals surface area contributed by atoms with Crippen molar-refractivity contribution in [3.8, 4) is 17.0 Å². The first-order chi connectivity index (χ1) is 15.1. The number of likely N-dealkylation sites (tertiary alicyclic amines) is 1. The van der Waals surface area contributed by atoms with Gasteiger partial charge in [0, 0.05) is 29.7 Å². The molecule has 0 amide bonds. The first-order valence-corrected chi connectivity index (χ1v) is 11.7. The number of hydrogen-bond donors (Lipinski definition) is 2. The molecule has 0 radical (unpaired) electrons. The van der Waals surface area contributed by atoms with Crippen LogP contribution in [0.1, 0.15) is 49.3 Å². The van der Waals surface area contributed by atoms with Gasteiger partial charge in [-0.05, 0) is 105 Å². The van der Waals surface area contributed by atoms with Crippen molar-refractivity contribution in [3.63, 3.8) is 0 Å². The predicted molar refractivity (Wildman–Crippen MR) is 133 cm³/mol. The quantitative estimate of drug-likeness (QED) is 0.522. The summed E-state index contributed by atoms with van der Waals surface area (Å²) in [6.45, 7) is 13.0. The van der Waals surface area contributed by atoms with E-state index in [1.165, 1.54) is 59.2 Å². The Morgan fingerprint density at radius 1 is 1.06 bits per heavy atom. The fourth-order valence-electron chi connectivity index (χ4n) is 4.68. The Morgan fingerprint density at radius 2 is 1.81 bits per heavy atom. The molecule has 168 valence electrons. The zero-order valence-electron chi connectivity index (χ0n) is 20.1. The number of aromatic amines is 1. The fraction of sp³-hybridized carbons (Fsp3) is 0.481. The second-order valence-corrected chi connectivity index (χ2v) is 8.33. The molecule has 1 aliphatic rings. The normalized spacial score (nSPS) is 15.0. The summed E-state index contributed by atoms with van der Waals surface area (Å²) in [5.74, 6) is 1.61. The van der Waals surface area contributed by atoms with E-state index >= 15 is 0 Å². The molecule has 0 unspecified atom stereocenters. The number of fused-ring (bicyclic) bond motifs is 1. The van der Waals surface area contributed by atoms with Crippen LogP contribution in [-0.2, 0) is 0 Å². The summed E-state index contributed by atoms with van der Waals surface area (Å²) in [7, 11) is 3.76. The number of piperidine rings is 1. The van der Waals surface area contributed by atoms with Crippen LogP contribution in [0.3, 0.4) is 0 Å². The zero-order valence-corrected chi connectivity index (χ0v) is 20.1. The van der Waals surface area contributed by atoms with E-state index in [1.54, 1.807) is 7.11 Å². The molecule has 2 N–H and O–H groups in total. The summed E-state index contributed by atoms with van der Waals surface area (Å²) in [5, 5.41) is 4.61. The van der Waals surface area contributed by atoms with Gasteiger partial charge in [0.2, 0.25) is 0 Å². The number of benzene rings is 2. The third kappa shape index (κ3) is 5.13. The van der Waals surface area contributed by atoms with Crippen molar-refractivity contribution in [2.45, 2.75) is 46.5 Å². The minimum absolute atomic E-state index is 0.672. The van der Waals surface area contributed by atoms with E-state index in [4.69, 9.17) is 4.74 Å². The Labute approximate surface area is 188 Å². The van der Waals surface area contributed by atoms with Gasteiger partial charge in [-0.15, -0.1) is 0 Å². The fourth-order valence-corrected chi connectivity index (χ4v) is 4.68. The van der Waals surface area contributed by atoms with Gasteiger partial charge in [0.1, 0.15) is 5.75 Å². The van der Waals surface area contributed by atoms with Crippen LogP contribution in [0.25, 0.3) is 22.2 Å². The first kappa shape index (κ1) is 23.4. The van der Waals surface area contributed by atoms with Crippen LogP contribution in [0.2, 0.25) is 0 Å². The van der Waals surface area contributed by atoms with E-state index in [1.807, 2.05) is 20.9 Å². The monoisotopic (exact) mass is 421 g/mol. The lowest BCUT2D eigenvalue weighted by molar-refractivity contribution is 0.214. The molecular weight excluding hydrogens is 382 g/mol. The number of methoxy groups -OCH3 is 1. The van der Waals surface area contributed by atoms with Gasteiger partial charge in [-0.1, -0.05) is 19.9 Å².